The molecule has 0 fully saturated rings. The van der Waals surface area contributed by atoms with Gasteiger partial charge < -0.3 is 9.15 Å². The van der Waals surface area contributed by atoms with E-state index in [2.05, 4.69) is 6.07 Å². The molecular formula is C21H14N2O5. The minimum Gasteiger partial charge on any atom is -0.465 e. The predicted octanol–water partition coefficient (Wildman–Crippen LogP) is 4.71. The van der Waals surface area contributed by atoms with Gasteiger partial charge in [0.15, 0.2) is 0 Å². The second-order valence-corrected chi connectivity index (χ2v) is 5.71. The van der Waals surface area contributed by atoms with Crippen LogP contribution in [0.15, 0.2) is 65.1 Å². The number of nitriles is 1. The van der Waals surface area contributed by atoms with E-state index in [0.29, 0.717) is 28.2 Å². The molecule has 0 saturated carbocycles. The number of esters is 1. The molecule has 2 aromatic carbocycles. The van der Waals surface area contributed by atoms with Crippen LogP contribution >= 0.6 is 0 Å². The van der Waals surface area contributed by atoms with Crippen molar-refractivity contribution >= 4 is 23.3 Å². The van der Waals surface area contributed by atoms with Crippen molar-refractivity contribution in [1.29, 1.82) is 5.26 Å². The molecule has 0 amide bonds. The summed E-state index contributed by atoms with van der Waals surface area (Å²) in [5, 5.41) is 20.2. The highest BCUT2D eigenvalue weighted by Crippen LogP contribution is 2.28. The van der Waals surface area contributed by atoms with Gasteiger partial charge in [-0.2, -0.15) is 5.26 Å². The smallest absolute Gasteiger partial charge is 0.338 e. The van der Waals surface area contributed by atoms with Crippen LogP contribution in [-0.2, 0) is 4.74 Å². The van der Waals surface area contributed by atoms with E-state index in [4.69, 9.17) is 9.15 Å². The lowest BCUT2D eigenvalue weighted by atomic mass is 10.1. The summed E-state index contributed by atoms with van der Waals surface area (Å²) in [5.41, 5.74) is 1.70. The highest BCUT2D eigenvalue weighted by molar-refractivity contribution is 5.96. The second-order valence-electron chi connectivity index (χ2n) is 5.71. The van der Waals surface area contributed by atoms with Crippen LogP contribution in [0.25, 0.3) is 23.0 Å². The Morgan fingerprint density at radius 3 is 2.50 bits per heavy atom. The molecule has 0 unspecified atom stereocenters. The van der Waals surface area contributed by atoms with Gasteiger partial charge >= 0.3 is 5.97 Å². The van der Waals surface area contributed by atoms with Gasteiger partial charge in [-0.15, -0.1) is 0 Å². The molecular weight excluding hydrogens is 360 g/mol. The predicted molar refractivity (Wildman–Crippen MR) is 102 cm³/mol. The third-order valence-corrected chi connectivity index (χ3v) is 4.02. The number of non-ortho nitro benzene ring substituents is 1. The van der Waals surface area contributed by atoms with Gasteiger partial charge in [0.2, 0.25) is 0 Å². The van der Waals surface area contributed by atoms with Gasteiger partial charge in [0.25, 0.3) is 5.69 Å². The first-order chi connectivity index (χ1) is 13.5. The van der Waals surface area contributed by atoms with Crippen LogP contribution in [0.1, 0.15) is 21.7 Å². The molecule has 7 heteroatoms. The summed E-state index contributed by atoms with van der Waals surface area (Å²) < 4.78 is 10.6. The van der Waals surface area contributed by atoms with Crippen molar-refractivity contribution in [2.24, 2.45) is 0 Å². The number of carbonyl (C=O) groups is 1. The fraction of sp³-hybridized carbons (Fsp3) is 0.0476. The summed E-state index contributed by atoms with van der Waals surface area (Å²) in [6.07, 6.45) is 1.53. The fourth-order valence-electron chi connectivity index (χ4n) is 2.65. The molecule has 28 heavy (non-hydrogen) atoms. The van der Waals surface area contributed by atoms with E-state index in [-0.39, 0.29) is 11.3 Å². The number of benzene rings is 2. The van der Waals surface area contributed by atoms with E-state index in [1.165, 1.54) is 37.5 Å². The molecule has 3 aromatic rings. The second kappa shape index (κ2) is 8.01. The van der Waals surface area contributed by atoms with Gasteiger partial charge in [0.1, 0.15) is 11.5 Å². The van der Waals surface area contributed by atoms with Crippen molar-refractivity contribution in [3.05, 3.63) is 87.7 Å². The first-order valence-electron chi connectivity index (χ1n) is 8.17. The fourth-order valence-corrected chi connectivity index (χ4v) is 2.65. The number of allylic oxidation sites excluding steroid dienone is 1. The van der Waals surface area contributed by atoms with Gasteiger partial charge in [-0.1, -0.05) is 18.2 Å². The highest BCUT2D eigenvalue weighted by atomic mass is 16.6. The van der Waals surface area contributed by atoms with Gasteiger partial charge in [0.05, 0.1) is 29.2 Å². The zero-order valence-corrected chi connectivity index (χ0v) is 14.8. The molecule has 1 aromatic heterocycles. The largest absolute Gasteiger partial charge is 0.465 e. The monoisotopic (exact) mass is 374 g/mol. The lowest BCUT2D eigenvalue weighted by Gasteiger charge is -2.04. The maximum absolute atomic E-state index is 11.9. The Balaban J connectivity index is 1.94. The van der Waals surface area contributed by atoms with E-state index < -0.39 is 10.9 Å². The normalized spacial score (nSPS) is 10.9. The molecule has 0 bridgehead atoms. The van der Waals surface area contributed by atoms with Gasteiger partial charge in [-0.25, -0.2) is 4.79 Å². The Bertz CT molecular complexity index is 1100. The molecule has 0 N–H and O–H groups in total. The molecule has 0 radical (unpaired) electrons. The number of hydrogen-bond donors (Lipinski definition) is 0. The Morgan fingerprint density at radius 1 is 1.14 bits per heavy atom. The molecule has 0 atom stereocenters. The van der Waals surface area contributed by atoms with Crippen LogP contribution in [0.5, 0.6) is 0 Å². The van der Waals surface area contributed by atoms with Gasteiger partial charge in [-0.05, 0) is 42.0 Å². The summed E-state index contributed by atoms with van der Waals surface area (Å²) in [6, 6.07) is 18.0. The number of furan rings is 1. The number of rotatable bonds is 5. The van der Waals surface area contributed by atoms with E-state index in [0.717, 1.165) is 0 Å². The summed E-state index contributed by atoms with van der Waals surface area (Å²) in [6.45, 7) is 0. The Labute approximate surface area is 160 Å². The van der Waals surface area contributed by atoms with Gasteiger partial charge in [-0.3, -0.25) is 10.1 Å². The average molecular weight is 374 g/mol. The van der Waals surface area contributed by atoms with E-state index >= 15 is 0 Å². The molecule has 0 aliphatic rings. The molecule has 0 aliphatic carbocycles. The Kier molecular flexibility index (Phi) is 5.33. The van der Waals surface area contributed by atoms with E-state index in [1.54, 1.807) is 36.4 Å². The van der Waals surface area contributed by atoms with Crippen LogP contribution in [0.2, 0.25) is 0 Å². The van der Waals surface area contributed by atoms with Crippen molar-refractivity contribution in [2.45, 2.75) is 0 Å². The summed E-state index contributed by atoms with van der Waals surface area (Å²) in [4.78, 5) is 22.2. The zero-order valence-electron chi connectivity index (χ0n) is 14.8. The minimum absolute atomic E-state index is 0.0549. The first-order valence-corrected chi connectivity index (χ1v) is 8.17. The molecule has 0 spiro atoms. The SMILES string of the molecule is COC(=O)c1ccccc1-c1ccc(/C=C(\C#N)c2ccc([N+](=O)[O-])cc2)o1. The van der Waals surface area contributed by atoms with Crippen LogP contribution in [-0.4, -0.2) is 18.0 Å². The third kappa shape index (κ3) is 3.81. The van der Waals surface area contributed by atoms with Crippen LogP contribution in [0.3, 0.4) is 0 Å². The van der Waals surface area contributed by atoms with E-state index in [9.17, 15) is 20.2 Å². The molecule has 138 valence electrons. The molecule has 0 saturated heterocycles. The first kappa shape index (κ1) is 18.6. The van der Waals surface area contributed by atoms with Gasteiger partial charge in [0, 0.05) is 17.7 Å². The van der Waals surface area contributed by atoms with Crippen LogP contribution in [0.4, 0.5) is 5.69 Å². The molecule has 3 rings (SSSR count). The highest BCUT2D eigenvalue weighted by Gasteiger charge is 2.15. The summed E-state index contributed by atoms with van der Waals surface area (Å²) in [5.74, 6) is 0.380. The Morgan fingerprint density at radius 2 is 1.86 bits per heavy atom. The number of ether oxygens (including phenoxy) is 1. The molecule has 1 heterocycles. The van der Waals surface area contributed by atoms with Crippen molar-refractivity contribution in [3.63, 3.8) is 0 Å². The van der Waals surface area contributed by atoms with Crippen LogP contribution < -0.4 is 0 Å². The lowest BCUT2D eigenvalue weighted by molar-refractivity contribution is -0.384. The Hall–Kier alpha value is -4.18. The number of methoxy groups -OCH3 is 1. The number of hydrogen-bond acceptors (Lipinski definition) is 6. The summed E-state index contributed by atoms with van der Waals surface area (Å²) >= 11 is 0. The van der Waals surface area contributed by atoms with Crippen molar-refractivity contribution in [1.82, 2.24) is 0 Å². The molecule has 7 nitrogen and oxygen atoms in total. The number of nitro groups is 1. The standard InChI is InChI=1S/C21H14N2O5/c1-27-21(24)19-5-3-2-4-18(19)20-11-10-17(28-20)12-15(13-22)14-6-8-16(9-7-14)23(25)26/h2-12H,1H3/b15-12+. The average Bonchev–Trinajstić information content (AvgIpc) is 3.20. The van der Waals surface area contributed by atoms with Crippen molar-refractivity contribution in [3.8, 4) is 17.4 Å². The minimum atomic E-state index is -0.503. The van der Waals surface area contributed by atoms with Crippen molar-refractivity contribution in [2.75, 3.05) is 7.11 Å². The van der Waals surface area contributed by atoms with Crippen molar-refractivity contribution < 1.29 is 18.9 Å². The number of nitro benzene ring substituents is 1. The lowest BCUT2D eigenvalue weighted by Crippen LogP contribution is -2.02. The topological polar surface area (TPSA) is 106 Å². The maximum Gasteiger partial charge on any atom is 0.338 e. The summed E-state index contributed by atoms with van der Waals surface area (Å²) in [7, 11) is 1.30. The zero-order chi connectivity index (χ0) is 20.1. The number of nitrogens with zero attached hydrogens (tertiary/aromatic N) is 2. The number of carbonyl (C=O) groups excluding carboxylic acids is 1. The third-order valence-electron chi connectivity index (χ3n) is 4.02. The molecule has 0 aliphatic heterocycles. The quantitative estimate of drug-likeness (QED) is 0.277. The maximum atomic E-state index is 11.9. The van der Waals surface area contributed by atoms with E-state index in [1.807, 2.05) is 0 Å². The van der Waals surface area contributed by atoms with Crippen LogP contribution in [0, 0.1) is 21.4 Å².